The van der Waals surface area contributed by atoms with Gasteiger partial charge >= 0.3 is 17.9 Å². The molecule has 0 aromatic carbocycles. The third-order valence-electron chi connectivity index (χ3n) is 11.3. The van der Waals surface area contributed by atoms with Crippen LogP contribution in [0.5, 0.6) is 0 Å². The summed E-state index contributed by atoms with van der Waals surface area (Å²) in [5.41, 5.74) is 0. The fourth-order valence-electron chi connectivity index (χ4n) is 7.21. The highest BCUT2D eigenvalue weighted by Crippen LogP contribution is 2.13. The Balaban J connectivity index is 4.46. The standard InChI is InChI=1S/C59H100O6/c1-4-7-10-13-16-19-22-25-27-28-29-30-32-34-37-40-43-46-49-52-58(61)64-55-56(54-63-57(60)51-48-45-42-39-36-33-24-21-18-15-12-9-6-3)65-59(62)53-50-47-44-41-38-35-31-26-23-20-17-14-11-8-5-2/h16-17,19-21,24-27,29-31,38,41,56H,4-15,18,22-23,28,32-37,39-40,42-55H2,1-3H3/b19-16-,20-17-,24-21-,27-25-,30-29-,31-26-,41-38-/t56-/m1/s1. The maximum atomic E-state index is 12.8. The summed E-state index contributed by atoms with van der Waals surface area (Å²) in [5, 5.41) is 0. The molecule has 372 valence electrons. The molecule has 6 nitrogen and oxygen atoms in total. The van der Waals surface area contributed by atoms with Crippen molar-refractivity contribution in [2.75, 3.05) is 13.2 Å². The van der Waals surface area contributed by atoms with E-state index < -0.39 is 6.10 Å². The molecule has 0 saturated heterocycles. The predicted molar refractivity (Wildman–Crippen MR) is 279 cm³/mol. The van der Waals surface area contributed by atoms with Crippen LogP contribution in [0.3, 0.4) is 0 Å². The highest BCUT2D eigenvalue weighted by molar-refractivity contribution is 5.71. The lowest BCUT2D eigenvalue weighted by Gasteiger charge is -2.18. The lowest BCUT2D eigenvalue weighted by molar-refractivity contribution is -0.167. The summed E-state index contributed by atoms with van der Waals surface area (Å²) in [6, 6.07) is 0. The lowest BCUT2D eigenvalue weighted by atomic mass is 10.1. The molecule has 0 bridgehead atoms. The first kappa shape index (κ1) is 61.6. The van der Waals surface area contributed by atoms with Crippen molar-refractivity contribution >= 4 is 17.9 Å². The van der Waals surface area contributed by atoms with Crippen molar-refractivity contribution < 1.29 is 28.6 Å². The molecule has 0 spiro atoms. The van der Waals surface area contributed by atoms with Crippen LogP contribution in [0.15, 0.2) is 85.1 Å². The summed E-state index contributed by atoms with van der Waals surface area (Å²) in [6.45, 7) is 6.52. The minimum atomic E-state index is -0.805. The Kier molecular flexibility index (Phi) is 50.4. The van der Waals surface area contributed by atoms with E-state index >= 15 is 0 Å². The molecule has 0 aliphatic heterocycles. The zero-order valence-corrected chi connectivity index (χ0v) is 42.5. The fourth-order valence-corrected chi connectivity index (χ4v) is 7.21. The zero-order chi connectivity index (χ0) is 47.2. The van der Waals surface area contributed by atoms with Gasteiger partial charge in [-0.25, -0.2) is 0 Å². The van der Waals surface area contributed by atoms with Gasteiger partial charge in [0.15, 0.2) is 6.10 Å². The first-order chi connectivity index (χ1) is 32.0. The van der Waals surface area contributed by atoms with Gasteiger partial charge < -0.3 is 14.2 Å². The molecule has 0 saturated carbocycles. The van der Waals surface area contributed by atoms with Crippen LogP contribution in [0.1, 0.15) is 252 Å². The molecule has 0 unspecified atom stereocenters. The second-order valence-corrected chi connectivity index (χ2v) is 17.8. The van der Waals surface area contributed by atoms with Crippen LogP contribution in [0.25, 0.3) is 0 Å². The monoisotopic (exact) mass is 905 g/mol. The first-order valence-corrected chi connectivity index (χ1v) is 27.1. The molecule has 0 amide bonds. The molecule has 65 heavy (non-hydrogen) atoms. The second-order valence-electron chi connectivity index (χ2n) is 17.8. The molecule has 0 rings (SSSR count). The van der Waals surface area contributed by atoms with Gasteiger partial charge in [-0.1, -0.05) is 196 Å². The van der Waals surface area contributed by atoms with Gasteiger partial charge in [-0.2, -0.15) is 0 Å². The van der Waals surface area contributed by atoms with Crippen molar-refractivity contribution in [2.45, 2.75) is 258 Å². The lowest BCUT2D eigenvalue weighted by Crippen LogP contribution is -2.30. The maximum Gasteiger partial charge on any atom is 0.306 e. The molecule has 0 aromatic rings. The third kappa shape index (κ3) is 51.4. The SMILES string of the molecule is CCCCC/C=C\C/C=C\C/C=C\CCCCCCCCC(=O)OC[C@@H](COC(=O)CCCCCCC/C=C\CCCCCC)OC(=O)CCCC/C=C\C/C=C\C/C=C\CCCCC. The molecular weight excluding hydrogens is 805 g/mol. The van der Waals surface area contributed by atoms with Gasteiger partial charge in [0.25, 0.3) is 0 Å². The van der Waals surface area contributed by atoms with E-state index in [2.05, 4.69) is 106 Å². The molecular formula is C59H100O6. The number of carbonyl (C=O) groups is 3. The van der Waals surface area contributed by atoms with E-state index in [9.17, 15) is 14.4 Å². The van der Waals surface area contributed by atoms with E-state index in [-0.39, 0.29) is 37.5 Å². The quantitative estimate of drug-likeness (QED) is 0.0262. The van der Waals surface area contributed by atoms with E-state index in [4.69, 9.17) is 14.2 Å². The van der Waals surface area contributed by atoms with Crippen molar-refractivity contribution in [3.05, 3.63) is 85.1 Å². The fraction of sp³-hybridized carbons (Fsp3) is 0.712. The molecule has 0 aliphatic carbocycles. The van der Waals surface area contributed by atoms with E-state index in [1.807, 2.05) is 0 Å². The van der Waals surface area contributed by atoms with Crippen LogP contribution >= 0.6 is 0 Å². The summed E-state index contributed by atoms with van der Waals surface area (Å²) >= 11 is 0. The number of carbonyl (C=O) groups excluding carboxylic acids is 3. The summed E-state index contributed by atoms with van der Waals surface area (Å²) < 4.78 is 16.8. The Hall–Kier alpha value is -3.41. The zero-order valence-electron chi connectivity index (χ0n) is 42.5. The highest BCUT2D eigenvalue weighted by atomic mass is 16.6. The van der Waals surface area contributed by atoms with Crippen LogP contribution in [0.2, 0.25) is 0 Å². The summed E-state index contributed by atoms with van der Waals surface area (Å²) in [5.74, 6) is -0.960. The van der Waals surface area contributed by atoms with Crippen LogP contribution in [-0.2, 0) is 28.6 Å². The smallest absolute Gasteiger partial charge is 0.306 e. The van der Waals surface area contributed by atoms with Gasteiger partial charge in [0.1, 0.15) is 13.2 Å². The normalized spacial score (nSPS) is 12.7. The Labute approximate surface area is 401 Å². The molecule has 6 heteroatoms. The average molecular weight is 905 g/mol. The second kappa shape index (κ2) is 53.2. The first-order valence-electron chi connectivity index (χ1n) is 27.1. The molecule has 0 aliphatic rings. The van der Waals surface area contributed by atoms with Gasteiger partial charge in [-0.15, -0.1) is 0 Å². The number of ether oxygens (including phenoxy) is 3. The van der Waals surface area contributed by atoms with Gasteiger partial charge in [-0.05, 0) is 122 Å². The third-order valence-corrected chi connectivity index (χ3v) is 11.3. The van der Waals surface area contributed by atoms with E-state index in [1.54, 1.807) is 0 Å². The molecule has 1 atom stereocenters. The molecule has 0 radical (unpaired) electrons. The number of unbranched alkanes of at least 4 members (excludes halogenated alkanes) is 23. The van der Waals surface area contributed by atoms with Crippen molar-refractivity contribution in [1.82, 2.24) is 0 Å². The Bertz CT molecular complexity index is 1270. The Morgan fingerprint density at radius 3 is 0.938 bits per heavy atom. The van der Waals surface area contributed by atoms with Crippen molar-refractivity contribution in [3.63, 3.8) is 0 Å². The van der Waals surface area contributed by atoms with Crippen LogP contribution in [0, 0.1) is 0 Å². The Morgan fingerprint density at radius 2 is 0.554 bits per heavy atom. The van der Waals surface area contributed by atoms with E-state index in [0.717, 1.165) is 96.3 Å². The van der Waals surface area contributed by atoms with Crippen molar-refractivity contribution in [2.24, 2.45) is 0 Å². The number of hydrogen-bond acceptors (Lipinski definition) is 6. The van der Waals surface area contributed by atoms with Crippen LogP contribution in [-0.4, -0.2) is 37.2 Å². The van der Waals surface area contributed by atoms with Crippen LogP contribution in [0.4, 0.5) is 0 Å². The average Bonchev–Trinajstić information content (AvgIpc) is 3.30. The molecule has 0 N–H and O–H groups in total. The highest BCUT2D eigenvalue weighted by Gasteiger charge is 2.19. The summed E-state index contributed by atoms with van der Waals surface area (Å²) in [7, 11) is 0. The van der Waals surface area contributed by atoms with E-state index in [1.165, 1.54) is 109 Å². The maximum absolute atomic E-state index is 12.8. The Morgan fingerprint density at radius 1 is 0.308 bits per heavy atom. The number of rotatable bonds is 48. The molecule has 0 aromatic heterocycles. The molecule has 0 heterocycles. The van der Waals surface area contributed by atoms with Gasteiger partial charge in [0.05, 0.1) is 0 Å². The van der Waals surface area contributed by atoms with Crippen LogP contribution < -0.4 is 0 Å². The summed E-state index contributed by atoms with van der Waals surface area (Å²) in [6.07, 6.45) is 68.5. The van der Waals surface area contributed by atoms with Crippen molar-refractivity contribution in [1.29, 1.82) is 0 Å². The predicted octanol–water partition coefficient (Wildman–Crippen LogP) is 18.0. The van der Waals surface area contributed by atoms with Crippen molar-refractivity contribution in [3.8, 4) is 0 Å². The minimum absolute atomic E-state index is 0.101. The number of hydrogen-bond donors (Lipinski definition) is 0. The summed E-state index contributed by atoms with van der Waals surface area (Å²) in [4.78, 5) is 38.0. The van der Waals surface area contributed by atoms with Gasteiger partial charge in [0.2, 0.25) is 0 Å². The van der Waals surface area contributed by atoms with E-state index in [0.29, 0.717) is 19.3 Å². The van der Waals surface area contributed by atoms with Gasteiger partial charge in [0, 0.05) is 19.3 Å². The van der Waals surface area contributed by atoms with Gasteiger partial charge in [-0.3, -0.25) is 14.4 Å². The minimum Gasteiger partial charge on any atom is -0.462 e. The largest absolute Gasteiger partial charge is 0.462 e. The molecule has 0 fully saturated rings. The topological polar surface area (TPSA) is 78.9 Å². The number of allylic oxidation sites excluding steroid dienone is 14. The number of esters is 3.